The number of nitrogens with one attached hydrogen (secondary N) is 2. The molecule has 0 unspecified atom stereocenters. The van der Waals surface area contributed by atoms with Crippen molar-refractivity contribution in [2.24, 2.45) is 4.99 Å². The SMILES string of the molecule is CCNC(=NCc1ccc(Cl)cc1Cl)NC(C)C. The Kier molecular flexibility index (Phi) is 6.30. The van der Waals surface area contributed by atoms with Gasteiger partial charge in [-0.05, 0) is 38.5 Å². The van der Waals surface area contributed by atoms with Crippen molar-refractivity contribution < 1.29 is 0 Å². The van der Waals surface area contributed by atoms with Crippen LogP contribution in [0.5, 0.6) is 0 Å². The fourth-order valence-electron chi connectivity index (χ4n) is 1.41. The topological polar surface area (TPSA) is 36.4 Å². The molecule has 100 valence electrons. The van der Waals surface area contributed by atoms with E-state index in [0.29, 0.717) is 22.6 Å². The maximum atomic E-state index is 6.10. The average Bonchev–Trinajstić information content (AvgIpc) is 2.27. The van der Waals surface area contributed by atoms with Crippen molar-refractivity contribution in [2.75, 3.05) is 6.54 Å². The molecule has 5 heteroatoms. The molecule has 1 rings (SSSR count). The molecule has 3 nitrogen and oxygen atoms in total. The zero-order valence-corrected chi connectivity index (χ0v) is 12.4. The number of hydrogen-bond donors (Lipinski definition) is 2. The van der Waals surface area contributed by atoms with Gasteiger partial charge in [0.2, 0.25) is 0 Å². The fourth-order valence-corrected chi connectivity index (χ4v) is 1.88. The van der Waals surface area contributed by atoms with Gasteiger partial charge >= 0.3 is 0 Å². The number of aliphatic imine (C=N–C) groups is 1. The number of hydrogen-bond acceptors (Lipinski definition) is 1. The van der Waals surface area contributed by atoms with Crippen LogP contribution in [0.1, 0.15) is 26.3 Å². The average molecular weight is 288 g/mol. The molecule has 0 bridgehead atoms. The lowest BCUT2D eigenvalue weighted by Crippen LogP contribution is -2.41. The van der Waals surface area contributed by atoms with Gasteiger partial charge < -0.3 is 10.6 Å². The monoisotopic (exact) mass is 287 g/mol. The summed E-state index contributed by atoms with van der Waals surface area (Å²) >= 11 is 12.0. The van der Waals surface area contributed by atoms with Gasteiger partial charge in [-0.1, -0.05) is 29.3 Å². The summed E-state index contributed by atoms with van der Waals surface area (Å²) in [5.74, 6) is 0.790. The molecule has 18 heavy (non-hydrogen) atoms. The second-order valence-corrected chi connectivity index (χ2v) is 5.07. The Morgan fingerprint density at radius 3 is 2.61 bits per heavy atom. The van der Waals surface area contributed by atoms with Crippen LogP contribution in [0, 0.1) is 0 Å². The molecule has 0 radical (unpaired) electrons. The van der Waals surface area contributed by atoms with Gasteiger partial charge in [0.15, 0.2) is 5.96 Å². The van der Waals surface area contributed by atoms with Crippen molar-refractivity contribution in [2.45, 2.75) is 33.4 Å². The largest absolute Gasteiger partial charge is 0.357 e. The number of benzene rings is 1. The lowest BCUT2D eigenvalue weighted by atomic mass is 10.2. The predicted octanol–water partition coefficient (Wildman–Crippen LogP) is 3.46. The van der Waals surface area contributed by atoms with Crippen LogP contribution in [0.4, 0.5) is 0 Å². The molecule has 0 fully saturated rings. The zero-order chi connectivity index (χ0) is 13.5. The molecule has 0 aliphatic heterocycles. The van der Waals surface area contributed by atoms with E-state index in [1.807, 2.05) is 19.1 Å². The van der Waals surface area contributed by atoms with Crippen LogP contribution in [0.15, 0.2) is 23.2 Å². The van der Waals surface area contributed by atoms with Crippen molar-refractivity contribution in [3.8, 4) is 0 Å². The highest BCUT2D eigenvalue weighted by Crippen LogP contribution is 2.21. The van der Waals surface area contributed by atoms with E-state index in [9.17, 15) is 0 Å². The summed E-state index contributed by atoms with van der Waals surface area (Å²) in [5, 5.41) is 7.72. The summed E-state index contributed by atoms with van der Waals surface area (Å²) < 4.78 is 0. The second-order valence-electron chi connectivity index (χ2n) is 4.23. The second kappa shape index (κ2) is 7.49. The highest BCUT2D eigenvalue weighted by atomic mass is 35.5. The fraction of sp³-hybridized carbons (Fsp3) is 0.462. The highest BCUT2D eigenvalue weighted by Gasteiger charge is 2.03. The van der Waals surface area contributed by atoms with Crippen LogP contribution in [-0.2, 0) is 6.54 Å². The molecule has 0 saturated heterocycles. The van der Waals surface area contributed by atoms with E-state index in [0.717, 1.165) is 18.1 Å². The molecule has 0 heterocycles. The van der Waals surface area contributed by atoms with Crippen LogP contribution < -0.4 is 10.6 Å². The quantitative estimate of drug-likeness (QED) is 0.657. The van der Waals surface area contributed by atoms with E-state index >= 15 is 0 Å². The molecule has 0 saturated carbocycles. The van der Waals surface area contributed by atoms with Crippen molar-refractivity contribution in [1.29, 1.82) is 0 Å². The van der Waals surface area contributed by atoms with Crippen LogP contribution >= 0.6 is 23.2 Å². The van der Waals surface area contributed by atoms with Crippen molar-refractivity contribution in [3.63, 3.8) is 0 Å². The molecule has 0 amide bonds. The Hall–Kier alpha value is -0.930. The molecular weight excluding hydrogens is 269 g/mol. The van der Waals surface area contributed by atoms with Gasteiger partial charge in [-0.15, -0.1) is 0 Å². The maximum Gasteiger partial charge on any atom is 0.191 e. The summed E-state index contributed by atoms with van der Waals surface area (Å²) in [6.07, 6.45) is 0. The summed E-state index contributed by atoms with van der Waals surface area (Å²) in [4.78, 5) is 4.48. The first kappa shape index (κ1) is 15.1. The Balaban J connectivity index is 2.74. The first-order valence-electron chi connectivity index (χ1n) is 6.01. The number of halogens is 2. The van der Waals surface area contributed by atoms with E-state index in [4.69, 9.17) is 23.2 Å². The minimum atomic E-state index is 0.337. The predicted molar refractivity (Wildman–Crippen MR) is 79.5 cm³/mol. The third-order valence-electron chi connectivity index (χ3n) is 2.19. The van der Waals surface area contributed by atoms with E-state index in [1.165, 1.54) is 0 Å². The molecular formula is C13H19Cl2N3. The Morgan fingerprint density at radius 2 is 2.06 bits per heavy atom. The van der Waals surface area contributed by atoms with Crippen molar-refractivity contribution in [1.82, 2.24) is 10.6 Å². The minimum Gasteiger partial charge on any atom is -0.357 e. The van der Waals surface area contributed by atoms with Gasteiger partial charge in [0, 0.05) is 22.6 Å². The molecule has 1 aromatic rings. The van der Waals surface area contributed by atoms with Gasteiger partial charge in [0.05, 0.1) is 6.54 Å². The highest BCUT2D eigenvalue weighted by molar-refractivity contribution is 6.35. The summed E-state index contributed by atoms with van der Waals surface area (Å²) in [7, 11) is 0. The molecule has 0 atom stereocenters. The van der Waals surface area contributed by atoms with Gasteiger partial charge in [-0.3, -0.25) is 0 Å². The van der Waals surface area contributed by atoms with Gasteiger partial charge in [0.1, 0.15) is 0 Å². The number of nitrogens with zero attached hydrogens (tertiary/aromatic N) is 1. The van der Waals surface area contributed by atoms with Crippen LogP contribution in [-0.4, -0.2) is 18.5 Å². The zero-order valence-electron chi connectivity index (χ0n) is 10.9. The summed E-state index contributed by atoms with van der Waals surface area (Å²) in [6, 6.07) is 5.79. The smallest absolute Gasteiger partial charge is 0.191 e. The first-order valence-corrected chi connectivity index (χ1v) is 6.77. The third-order valence-corrected chi connectivity index (χ3v) is 2.78. The summed E-state index contributed by atoms with van der Waals surface area (Å²) in [5.41, 5.74) is 0.960. The number of rotatable bonds is 4. The lowest BCUT2D eigenvalue weighted by molar-refractivity contribution is 0.700. The van der Waals surface area contributed by atoms with E-state index < -0.39 is 0 Å². The molecule has 0 spiro atoms. The van der Waals surface area contributed by atoms with Crippen molar-refractivity contribution in [3.05, 3.63) is 33.8 Å². The Morgan fingerprint density at radius 1 is 1.33 bits per heavy atom. The van der Waals surface area contributed by atoms with Crippen molar-refractivity contribution >= 4 is 29.2 Å². The van der Waals surface area contributed by atoms with Gasteiger partial charge in [-0.2, -0.15) is 0 Å². The van der Waals surface area contributed by atoms with Crippen LogP contribution in [0.2, 0.25) is 10.0 Å². The molecule has 0 aliphatic rings. The van der Waals surface area contributed by atoms with E-state index in [2.05, 4.69) is 29.5 Å². The van der Waals surface area contributed by atoms with E-state index in [-0.39, 0.29) is 0 Å². The molecule has 0 aromatic heterocycles. The van der Waals surface area contributed by atoms with Crippen LogP contribution in [0.25, 0.3) is 0 Å². The normalized spacial score (nSPS) is 11.8. The lowest BCUT2D eigenvalue weighted by Gasteiger charge is -2.14. The number of guanidine groups is 1. The summed E-state index contributed by atoms with van der Waals surface area (Å²) in [6.45, 7) is 7.53. The minimum absolute atomic E-state index is 0.337. The van der Waals surface area contributed by atoms with Gasteiger partial charge in [0.25, 0.3) is 0 Å². The van der Waals surface area contributed by atoms with Gasteiger partial charge in [-0.25, -0.2) is 4.99 Å². The standard InChI is InChI=1S/C13H19Cl2N3/c1-4-16-13(18-9(2)3)17-8-10-5-6-11(14)7-12(10)15/h5-7,9H,4,8H2,1-3H3,(H2,16,17,18). The van der Waals surface area contributed by atoms with E-state index in [1.54, 1.807) is 6.07 Å². The molecule has 1 aromatic carbocycles. The molecule has 0 aliphatic carbocycles. The third kappa shape index (κ3) is 5.15. The Labute approximate surface area is 119 Å². The Bertz CT molecular complexity index is 417. The van der Waals surface area contributed by atoms with Crippen LogP contribution in [0.3, 0.4) is 0 Å². The maximum absolute atomic E-state index is 6.10. The first-order chi connectivity index (χ1) is 8.52. The molecule has 2 N–H and O–H groups in total.